The molecule has 0 spiro atoms. The normalized spacial score (nSPS) is 14.5. The van der Waals surface area contributed by atoms with Crippen LogP contribution >= 0.6 is 20.2 Å². The van der Waals surface area contributed by atoms with Crippen molar-refractivity contribution in [2.75, 3.05) is 45.9 Å². The highest BCUT2D eigenvalue weighted by molar-refractivity contribution is 8.13. The third-order valence-electron chi connectivity index (χ3n) is 12.3. The highest BCUT2D eigenvalue weighted by Gasteiger charge is 2.46. The van der Waals surface area contributed by atoms with Crippen LogP contribution in [-0.2, 0) is 32.1 Å². The molecule has 0 aliphatic carbocycles. The van der Waals surface area contributed by atoms with E-state index in [1.807, 2.05) is 0 Å². The number of nitrogens with zero attached hydrogens (tertiary/aromatic N) is 2. The molecule has 0 aromatic carbocycles. The van der Waals surface area contributed by atoms with Gasteiger partial charge in [0.2, 0.25) is 0 Å². The molecule has 0 saturated carbocycles. The van der Waals surface area contributed by atoms with Crippen LogP contribution in [0.4, 0.5) is 0 Å². The fourth-order valence-electron chi connectivity index (χ4n) is 5.43. The van der Waals surface area contributed by atoms with Gasteiger partial charge >= 0.3 is 0 Å². The first-order chi connectivity index (χ1) is 26.1. The number of hydrogen-bond acceptors (Lipinski definition) is 11. The Kier molecular flexibility index (Phi) is 25.6. The van der Waals surface area contributed by atoms with E-state index in [1.165, 1.54) is 11.8 Å². The van der Waals surface area contributed by atoms with Crippen LogP contribution in [0.5, 0.6) is 0 Å². The molecule has 0 amide bonds. The lowest BCUT2D eigenvalue weighted by atomic mass is 10.0. The number of nitrogens with one attached hydrogen (secondary N) is 1. The van der Waals surface area contributed by atoms with Crippen LogP contribution in [0.3, 0.4) is 0 Å². The summed E-state index contributed by atoms with van der Waals surface area (Å²) >= 11 is 1.22. The molecule has 348 valence electrons. The molecule has 0 aromatic heterocycles. The Balaban J connectivity index is 5.36. The first kappa shape index (κ1) is 58.7. The summed E-state index contributed by atoms with van der Waals surface area (Å²) < 4.78 is 43.6. The van der Waals surface area contributed by atoms with E-state index in [2.05, 4.69) is 172 Å². The predicted molar refractivity (Wildman–Crippen MR) is 260 cm³/mol. The molecule has 0 aliphatic rings. The Morgan fingerprint density at radius 2 is 0.966 bits per heavy atom. The number of thioether (sulfide) groups is 1. The average Bonchev–Trinajstić information content (AvgIpc) is 3.04. The maximum atomic E-state index is 12.8. The minimum absolute atomic E-state index is 0.0843. The molecule has 0 saturated heterocycles. The molecular weight excluding hydrogens is 818 g/mol. The van der Waals surface area contributed by atoms with E-state index in [0.717, 1.165) is 25.8 Å². The lowest BCUT2D eigenvalue weighted by Gasteiger charge is -2.46. The Morgan fingerprint density at radius 3 is 1.31 bits per heavy atom. The molecule has 0 rings (SSSR count). The van der Waals surface area contributed by atoms with Gasteiger partial charge < -0.3 is 32.6 Å². The molecule has 0 aromatic rings. The van der Waals surface area contributed by atoms with Crippen LogP contribution in [0.25, 0.3) is 0 Å². The summed E-state index contributed by atoms with van der Waals surface area (Å²) in [5.74, 6) is 0.266. The summed E-state index contributed by atoms with van der Waals surface area (Å²) in [7, 11) is -7.19. The van der Waals surface area contributed by atoms with Crippen molar-refractivity contribution < 1.29 is 32.1 Å². The molecule has 0 radical (unpaired) electrons. The van der Waals surface area contributed by atoms with E-state index in [1.54, 1.807) is 0 Å². The summed E-state index contributed by atoms with van der Waals surface area (Å²) in [6.45, 7) is 54.9. The second kappa shape index (κ2) is 25.3. The van der Waals surface area contributed by atoms with Crippen molar-refractivity contribution in [1.29, 1.82) is 0 Å². The zero-order chi connectivity index (χ0) is 45.6. The second-order valence-electron chi connectivity index (χ2n) is 22.0. The van der Waals surface area contributed by atoms with E-state index >= 15 is 0 Å². The van der Waals surface area contributed by atoms with Crippen LogP contribution in [0.15, 0.2) is 0 Å². The molecule has 15 heteroatoms. The number of hydrogen-bond donors (Lipinski definition) is 1. The Morgan fingerprint density at radius 1 is 0.586 bits per heavy atom. The van der Waals surface area contributed by atoms with Gasteiger partial charge in [0, 0.05) is 30.6 Å². The van der Waals surface area contributed by atoms with Crippen molar-refractivity contribution in [2.24, 2.45) is 0 Å². The van der Waals surface area contributed by atoms with Gasteiger partial charge in [-0.2, -0.15) is 0 Å². The minimum atomic E-state index is -2.06. The quantitative estimate of drug-likeness (QED) is 0.0337. The first-order valence-electron chi connectivity index (χ1n) is 22.1. The summed E-state index contributed by atoms with van der Waals surface area (Å²) in [5.41, 5.74) is -0.483. The summed E-state index contributed by atoms with van der Waals surface area (Å²) in [5, 5.41) is 4.36. The minimum Gasteiger partial charge on any atom is -0.415 e. The zero-order valence-corrected chi connectivity index (χ0v) is 46.9. The number of carbonyl (C=O) groups is 1. The van der Waals surface area contributed by atoms with Gasteiger partial charge in [0.1, 0.15) is 5.94 Å². The van der Waals surface area contributed by atoms with E-state index in [0.29, 0.717) is 50.4 Å². The summed E-state index contributed by atoms with van der Waals surface area (Å²) in [6.07, 6.45) is 3.25. The van der Waals surface area contributed by atoms with E-state index < -0.39 is 38.9 Å². The van der Waals surface area contributed by atoms with Crippen molar-refractivity contribution in [2.45, 2.75) is 227 Å². The van der Waals surface area contributed by atoms with Gasteiger partial charge in [0.05, 0.1) is 25.4 Å². The third-order valence-corrected chi connectivity index (χ3v) is 29.6. The van der Waals surface area contributed by atoms with Crippen LogP contribution in [-0.4, -0.2) is 115 Å². The Bertz CT molecular complexity index is 1050. The first-order valence-corrected chi connectivity index (χ1v) is 33.0. The van der Waals surface area contributed by atoms with Gasteiger partial charge in [0.25, 0.3) is 0 Å². The van der Waals surface area contributed by atoms with E-state index in [-0.39, 0.29) is 39.8 Å². The van der Waals surface area contributed by atoms with Crippen LogP contribution < -0.4 is 5.32 Å². The van der Waals surface area contributed by atoms with Crippen molar-refractivity contribution in [3.63, 3.8) is 0 Å². The lowest BCUT2D eigenvalue weighted by Crippen LogP contribution is -2.62. The zero-order valence-electron chi connectivity index (χ0n) is 42.2. The molecule has 0 fully saturated rings. The smallest absolute Gasteiger partial charge is 0.192 e. The molecule has 0 unspecified atom stereocenters. The molecule has 10 nitrogen and oxygen atoms in total. The maximum Gasteiger partial charge on any atom is 0.192 e. The second-order valence-corrected chi connectivity index (χ2v) is 39.1. The van der Waals surface area contributed by atoms with Gasteiger partial charge in [-0.1, -0.05) is 80.5 Å². The Labute approximate surface area is 368 Å². The molecule has 0 heterocycles. The molecular formula is C43H96N3O7PSSi3. The fourth-order valence-corrected chi connectivity index (χ4v) is 11.5. The highest BCUT2D eigenvalue weighted by Crippen LogP contribution is 2.50. The molecule has 0 atom stereocenters. The van der Waals surface area contributed by atoms with E-state index in [9.17, 15) is 4.79 Å². The molecule has 0 aliphatic heterocycles. The van der Waals surface area contributed by atoms with Crippen LogP contribution in [0.2, 0.25) is 54.4 Å². The fraction of sp³-hybridized carbons (Fsp3) is 0.977. The van der Waals surface area contributed by atoms with Crippen molar-refractivity contribution in [3.05, 3.63) is 0 Å². The molecule has 1 N–H and O–H groups in total. The largest absolute Gasteiger partial charge is 0.415 e. The maximum absolute atomic E-state index is 12.8. The van der Waals surface area contributed by atoms with Gasteiger partial charge in [-0.15, -0.1) is 0 Å². The van der Waals surface area contributed by atoms with Gasteiger partial charge in [-0.05, 0) is 129 Å². The molecule has 0 bridgehead atoms. The monoisotopic (exact) mass is 914 g/mol. The number of unbranched alkanes of at least 4 members (excludes halogenated alkanes) is 2. The lowest BCUT2D eigenvalue weighted by molar-refractivity contribution is -0.111. The standard InChI is InChI=1S/C43H96N3O7PSSi3/c1-35(2)45(36(3)4)54(46(37(5)6)38(7)8)50-33-48-32-49-34-55-39(47)27-25-24-26-28-44-43(29-51-56(18,19)40(9,10)11,30-52-57(20,21)41(12,13)14)31-53-58(22,23)42(15,16)17/h35-38,44H,24-34H2,1-23H3. The SMILES string of the molecule is CC(C)N(C(C)C)P(OCOCOCSC(=O)CCCCCNC(CO[Si](C)(C)C(C)(C)C)(CO[Si](C)(C)C(C)(C)C)CO[Si](C)(C)C(C)(C)C)N(C(C)C)C(C)C. The number of rotatable bonds is 29. The predicted octanol–water partition coefficient (Wildman–Crippen LogP) is 12.6. The summed E-state index contributed by atoms with van der Waals surface area (Å²) in [6, 6.07) is 1.34. The topological polar surface area (TPSA) is 91.0 Å². The van der Waals surface area contributed by atoms with Crippen LogP contribution in [0.1, 0.15) is 143 Å². The van der Waals surface area contributed by atoms with Crippen LogP contribution in [0, 0.1) is 0 Å². The number of ether oxygens (including phenoxy) is 2. The third kappa shape index (κ3) is 20.5. The highest BCUT2D eigenvalue weighted by atomic mass is 32.2. The van der Waals surface area contributed by atoms with Crippen molar-refractivity contribution in [1.82, 2.24) is 14.7 Å². The Hall–Kier alpha value is 0.741. The van der Waals surface area contributed by atoms with E-state index in [4.69, 9.17) is 27.3 Å². The molecule has 58 heavy (non-hydrogen) atoms. The number of carbonyl (C=O) groups excluding carboxylic acids is 1. The van der Waals surface area contributed by atoms with Gasteiger partial charge in [-0.3, -0.25) is 4.79 Å². The average molecular weight is 915 g/mol. The summed E-state index contributed by atoms with van der Waals surface area (Å²) in [4.78, 5) is 12.8. The van der Waals surface area contributed by atoms with Gasteiger partial charge in [-0.25, -0.2) is 9.34 Å². The van der Waals surface area contributed by atoms with Crippen molar-refractivity contribution in [3.8, 4) is 0 Å². The van der Waals surface area contributed by atoms with Gasteiger partial charge in [0.15, 0.2) is 52.1 Å². The van der Waals surface area contributed by atoms with Crippen molar-refractivity contribution >= 4 is 50.3 Å².